The molecule has 0 amide bonds. The molecule has 0 saturated heterocycles. The van der Waals surface area contributed by atoms with Gasteiger partial charge in [0.25, 0.3) is 0 Å². The summed E-state index contributed by atoms with van der Waals surface area (Å²) < 4.78 is 1.22. The van der Waals surface area contributed by atoms with Crippen LogP contribution >= 0.6 is 22.6 Å². The molecule has 2 N–H and O–H groups in total. The van der Waals surface area contributed by atoms with Crippen molar-refractivity contribution in [2.75, 3.05) is 0 Å². The highest BCUT2D eigenvalue weighted by molar-refractivity contribution is 14.1. The highest BCUT2D eigenvalue weighted by Crippen LogP contribution is 2.24. The molecule has 2 aromatic carbocycles. The Hall–Kier alpha value is -0.870. The minimum Gasteiger partial charge on any atom is -0.320 e. The van der Waals surface area contributed by atoms with E-state index in [2.05, 4.69) is 78.9 Å². The Bertz CT molecular complexity index is 534. The van der Waals surface area contributed by atoms with Crippen molar-refractivity contribution in [1.82, 2.24) is 0 Å². The van der Waals surface area contributed by atoms with Crippen LogP contribution in [-0.2, 0) is 0 Å². The first kappa shape index (κ1) is 12.6. The summed E-state index contributed by atoms with van der Waals surface area (Å²) >= 11 is 2.32. The molecule has 0 aliphatic carbocycles. The van der Waals surface area contributed by atoms with E-state index in [1.807, 2.05) is 0 Å². The monoisotopic (exact) mass is 337 g/mol. The summed E-state index contributed by atoms with van der Waals surface area (Å²) in [5.41, 5.74) is 11.2. The van der Waals surface area contributed by atoms with Crippen molar-refractivity contribution >= 4 is 22.6 Å². The minimum atomic E-state index is -0.0374. The van der Waals surface area contributed by atoms with E-state index in [9.17, 15) is 0 Å². The van der Waals surface area contributed by atoms with E-state index in [0.29, 0.717) is 0 Å². The molecule has 0 radical (unpaired) electrons. The summed E-state index contributed by atoms with van der Waals surface area (Å²) in [6.45, 7) is 4.22. The van der Waals surface area contributed by atoms with E-state index in [4.69, 9.17) is 5.73 Å². The molecule has 2 heteroatoms. The van der Waals surface area contributed by atoms with Gasteiger partial charge in [-0.15, -0.1) is 0 Å². The summed E-state index contributed by atoms with van der Waals surface area (Å²) in [5.74, 6) is 0. The Kier molecular flexibility index (Phi) is 3.84. The third kappa shape index (κ3) is 2.87. The first-order valence-electron chi connectivity index (χ1n) is 5.66. The third-order valence-corrected chi connectivity index (χ3v) is 3.65. The third-order valence-electron chi connectivity index (χ3n) is 2.98. The molecule has 88 valence electrons. The van der Waals surface area contributed by atoms with Crippen molar-refractivity contribution in [3.63, 3.8) is 0 Å². The Morgan fingerprint density at radius 2 is 1.82 bits per heavy atom. The van der Waals surface area contributed by atoms with Crippen molar-refractivity contribution < 1.29 is 0 Å². The molecular weight excluding hydrogens is 321 g/mol. The first-order valence-corrected chi connectivity index (χ1v) is 6.74. The molecule has 1 unspecified atom stereocenters. The number of aryl methyl sites for hydroxylation is 2. The average molecular weight is 337 g/mol. The topological polar surface area (TPSA) is 26.0 Å². The summed E-state index contributed by atoms with van der Waals surface area (Å²) in [4.78, 5) is 0. The summed E-state index contributed by atoms with van der Waals surface area (Å²) in [5, 5.41) is 0. The Labute approximate surface area is 116 Å². The first-order chi connectivity index (χ1) is 8.08. The lowest BCUT2D eigenvalue weighted by Gasteiger charge is -2.16. The second-order valence-electron chi connectivity index (χ2n) is 4.39. The number of halogens is 1. The lowest BCUT2D eigenvalue weighted by molar-refractivity contribution is 0.859. The van der Waals surface area contributed by atoms with Crippen LogP contribution in [0.15, 0.2) is 42.5 Å². The van der Waals surface area contributed by atoms with Gasteiger partial charge in [-0.2, -0.15) is 0 Å². The summed E-state index contributed by atoms with van der Waals surface area (Å²) in [6.07, 6.45) is 0. The van der Waals surface area contributed by atoms with Gasteiger partial charge in [0.05, 0.1) is 6.04 Å². The summed E-state index contributed by atoms with van der Waals surface area (Å²) in [6, 6.07) is 14.8. The van der Waals surface area contributed by atoms with E-state index in [0.717, 1.165) is 0 Å². The number of hydrogen-bond acceptors (Lipinski definition) is 1. The molecule has 17 heavy (non-hydrogen) atoms. The minimum absolute atomic E-state index is 0.0374. The molecule has 0 aromatic heterocycles. The Balaban J connectivity index is 2.43. The molecule has 1 nitrogen and oxygen atoms in total. The van der Waals surface area contributed by atoms with Gasteiger partial charge in [0.2, 0.25) is 0 Å². The number of rotatable bonds is 2. The molecule has 2 aromatic rings. The van der Waals surface area contributed by atoms with Gasteiger partial charge in [0.15, 0.2) is 0 Å². The van der Waals surface area contributed by atoms with E-state index >= 15 is 0 Å². The van der Waals surface area contributed by atoms with Gasteiger partial charge < -0.3 is 5.73 Å². The van der Waals surface area contributed by atoms with Gasteiger partial charge in [-0.25, -0.2) is 0 Å². The molecule has 0 aliphatic rings. The normalized spacial score (nSPS) is 12.5. The molecule has 0 spiro atoms. The molecular formula is C15H16IN. The highest BCUT2D eigenvalue weighted by Gasteiger charge is 2.11. The second kappa shape index (κ2) is 5.19. The molecule has 0 heterocycles. The van der Waals surface area contributed by atoms with Gasteiger partial charge in [0, 0.05) is 3.57 Å². The number of benzene rings is 2. The number of nitrogens with two attached hydrogens (primary N) is 1. The van der Waals surface area contributed by atoms with Gasteiger partial charge in [-0.1, -0.05) is 35.9 Å². The maximum Gasteiger partial charge on any atom is 0.0554 e. The van der Waals surface area contributed by atoms with Crippen molar-refractivity contribution in [2.45, 2.75) is 19.9 Å². The lowest BCUT2D eigenvalue weighted by Crippen LogP contribution is -2.13. The van der Waals surface area contributed by atoms with Crippen LogP contribution in [-0.4, -0.2) is 0 Å². The lowest BCUT2D eigenvalue weighted by atomic mass is 9.94. The van der Waals surface area contributed by atoms with Crippen molar-refractivity contribution in [1.29, 1.82) is 0 Å². The van der Waals surface area contributed by atoms with Crippen LogP contribution in [0, 0.1) is 17.4 Å². The van der Waals surface area contributed by atoms with Crippen molar-refractivity contribution in [3.8, 4) is 0 Å². The smallest absolute Gasteiger partial charge is 0.0554 e. The second-order valence-corrected chi connectivity index (χ2v) is 5.64. The van der Waals surface area contributed by atoms with Crippen LogP contribution in [0.5, 0.6) is 0 Å². The maximum absolute atomic E-state index is 6.35. The standard InChI is InChI=1S/C15H16IN/c1-10-6-7-11(2)14(8-10)15(17)12-4-3-5-13(16)9-12/h3-9,15H,17H2,1-2H3. The van der Waals surface area contributed by atoms with Gasteiger partial charge in [0.1, 0.15) is 0 Å². The molecule has 2 rings (SSSR count). The average Bonchev–Trinajstić information content (AvgIpc) is 2.31. The molecule has 1 atom stereocenters. The Morgan fingerprint density at radius 1 is 1.06 bits per heavy atom. The number of hydrogen-bond donors (Lipinski definition) is 1. The van der Waals surface area contributed by atoms with Crippen LogP contribution in [0.4, 0.5) is 0 Å². The predicted molar refractivity (Wildman–Crippen MR) is 81.1 cm³/mol. The fraction of sp³-hybridized carbons (Fsp3) is 0.200. The van der Waals surface area contributed by atoms with Crippen LogP contribution in [0.3, 0.4) is 0 Å². The highest BCUT2D eigenvalue weighted by atomic mass is 127. The summed E-state index contributed by atoms with van der Waals surface area (Å²) in [7, 11) is 0. The zero-order valence-electron chi connectivity index (χ0n) is 10.1. The van der Waals surface area contributed by atoms with Crippen LogP contribution in [0.1, 0.15) is 28.3 Å². The van der Waals surface area contributed by atoms with E-state index < -0.39 is 0 Å². The van der Waals surface area contributed by atoms with Crippen LogP contribution in [0.2, 0.25) is 0 Å². The predicted octanol–water partition coefficient (Wildman–Crippen LogP) is 3.96. The maximum atomic E-state index is 6.35. The van der Waals surface area contributed by atoms with E-state index in [1.165, 1.54) is 25.8 Å². The SMILES string of the molecule is Cc1ccc(C)c(C(N)c2cccc(I)c2)c1. The van der Waals surface area contributed by atoms with Crippen LogP contribution in [0.25, 0.3) is 0 Å². The fourth-order valence-corrected chi connectivity index (χ4v) is 2.54. The Morgan fingerprint density at radius 3 is 2.53 bits per heavy atom. The quantitative estimate of drug-likeness (QED) is 0.825. The molecule has 0 bridgehead atoms. The largest absolute Gasteiger partial charge is 0.320 e. The van der Waals surface area contributed by atoms with Crippen LogP contribution < -0.4 is 5.73 Å². The van der Waals surface area contributed by atoms with Gasteiger partial charge >= 0.3 is 0 Å². The fourth-order valence-electron chi connectivity index (χ4n) is 1.97. The van der Waals surface area contributed by atoms with E-state index in [-0.39, 0.29) is 6.04 Å². The van der Waals surface area contributed by atoms with Crippen molar-refractivity contribution in [2.24, 2.45) is 5.73 Å². The zero-order chi connectivity index (χ0) is 12.4. The van der Waals surface area contributed by atoms with E-state index in [1.54, 1.807) is 0 Å². The molecule has 0 saturated carbocycles. The van der Waals surface area contributed by atoms with Gasteiger partial charge in [-0.3, -0.25) is 0 Å². The molecule has 0 fully saturated rings. The van der Waals surface area contributed by atoms with Crippen molar-refractivity contribution in [3.05, 3.63) is 68.3 Å². The van der Waals surface area contributed by atoms with Gasteiger partial charge in [-0.05, 0) is 65.3 Å². The zero-order valence-corrected chi connectivity index (χ0v) is 12.2. The molecule has 0 aliphatic heterocycles.